The summed E-state index contributed by atoms with van der Waals surface area (Å²) in [6.07, 6.45) is 0.0183. The van der Waals surface area contributed by atoms with E-state index in [0.29, 0.717) is 28.4 Å². The van der Waals surface area contributed by atoms with Gasteiger partial charge in [0, 0.05) is 17.5 Å². The number of aromatic hydroxyl groups is 1. The number of anilines is 1. The van der Waals surface area contributed by atoms with Crippen LogP contribution in [-0.4, -0.2) is 56.1 Å². The second-order valence-electron chi connectivity index (χ2n) is 9.64. The third-order valence-corrected chi connectivity index (χ3v) is 6.72. The van der Waals surface area contributed by atoms with Gasteiger partial charge < -0.3 is 30.0 Å². The molecule has 0 spiro atoms. The summed E-state index contributed by atoms with van der Waals surface area (Å²) in [5.41, 5.74) is 6.20. The maximum atomic E-state index is 13.5. The summed E-state index contributed by atoms with van der Waals surface area (Å²) in [6, 6.07) is 22.3. The van der Waals surface area contributed by atoms with E-state index in [2.05, 4.69) is 21.5 Å². The summed E-state index contributed by atoms with van der Waals surface area (Å²) in [7, 11) is 4.42. The molecule has 0 unspecified atom stereocenters. The average Bonchev–Trinajstić information content (AvgIpc) is 3.07. The van der Waals surface area contributed by atoms with Crippen LogP contribution in [0, 0.1) is 0 Å². The number of phenolic OH excluding ortho intramolecular Hbond substituents is 1. The first-order valence-electron chi connectivity index (χ1n) is 13.7. The topological polar surface area (TPSA) is 164 Å². The number of carbonyl (C=O) groups is 4. The molecule has 4 aromatic carbocycles. The Labute approximate surface area is 259 Å². The van der Waals surface area contributed by atoms with E-state index >= 15 is 0 Å². The van der Waals surface area contributed by atoms with Gasteiger partial charge in [0.2, 0.25) is 0 Å². The van der Waals surface area contributed by atoms with E-state index < -0.39 is 29.7 Å². The molecule has 0 aromatic heterocycles. The molecule has 0 heterocycles. The predicted molar refractivity (Wildman–Crippen MR) is 166 cm³/mol. The molecule has 45 heavy (non-hydrogen) atoms. The Morgan fingerprint density at radius 3 is 2.02 bits per heavy atom. The van der Waals surface area contributed by atoms with E-state index in [0.717, 1.165) is 0 Å². The Balaban J connectivity index is 1.51. The number of amides is 4. The molecule has 0 radical (unpaired) electrons. The highest BCUT2D eigenvalue weighted by Gasteiger charge is 2.25. The van der Waals surface area contributed by atoms with Crippen LogP contribution in [0.3, 0.4) is 0 Å². The van der Waals surface area contributed by atoms with E-state index in [1.165, 1.54) is 51.7 Å². The smallest absolute Gasteiger partial charge is 0.269 e. The third-order valence-electron chi connectivity index (χ3n) is 6.72. The Bertz CT molecular complexity index is 1670. The van der Waals surface area contributed by atoms with E-state index in [-0.39, 0.29) is 29.0 Å². The number of hydrazine groups is 1. The van der Waals surface area contributed by atoms with Crippen LogP contribution in [0.5, 0.6) is 23.0 Å². The minimum atomic E-state index is -1.17. The second kappa shape index (κ2) is 14.9. The third kappa shape index (κ3) is 8.29. The van der Waals surface area contributed by atoms with Gasteiger partial charge in [-0.3, -0.25) is 30.0 Å². The van der Waals surface area contributed by atoms with Crippen molar-refractivity contribution in [1.29, 1.82) is 0 Å². The van der Waals surface area contributed by atoms with Crippen LogP contribution < -0.4 is 35.7 Å². The highest BCUT2D eigenvalue weighted by Crippen LogP contribution is 2.27. The fraction of sp³-hybridized carbons (Fsp3) is 0.152. The molecule has 1 atom stereocenters. The van der Waals surface area contributed by atoms with Gasteiger partial charge in [0.05, 0.1) is 32.6 Å². The van der Waals surface area contributed by atoms with Crippen LogP contribution in [0.1, 0.15) is 36.6 Å². The SMILES string of the molecule is COc1ccc(C(=O)Nc2ccccc2C(=O)N[C@H](Cc2ccc(O)cc2)C(=O)NNC(=O)c2ccc(OC)c(OC)c2)cc1. The van der Waals surface area contributed by atoms with Gasteiger partial charge in [-0.05, 0) is 72.3 Å². The fourth-order valence-corrected chi connectivity index (χ4v) is 4.30. The monoisotopic (exact) mass is 612 g/mol. The van der Waals surface area contributed by atoms with Crippen LogP contribution in [-0.2, 0) is 11.2 Å². The Morgan fingerprint density at radius 1 is 0.689 bits per heavy atom. The van der Waals surface area contributed by atoms with Gasteiger partial charge in [0.1, 0.15) is 17.5 Å². The Morgan fingerprint density at radius 2 is 1.36 bits per heavy atom. The Hall–Kier alpha value is -6.04. The van der Waals surface area contributed by atoms with Gasteiger partial charge in [-0.2, -0.15) is 0 Å². The standard InChI is InChI=1S/C33H32N4O8/c1-43-24-15-10-21(11-16-24)30(39)34-26-7-5-4-6-25(26)32(41)35-27(18-20-8-13-23(38)14-9-20)33(42)37-36-31(40)22-12-17-28(44-2)29(19-22)45-3/h4-17,19,27,38H,18H2,1-3H3,(H,34,39)(H,35,41)(H,36,40)(H,37,42)/t27-/m1/s1. The fourth-order valence-electron chi connectivity index (χ4n) is 4.30. The number of para-hydroxylation sites is 1. The average molecular weight is 613 g/mol. The summed E-state index contributed by atoms with van der Waals surface area (Å²) in [4.78, 5) is 52.5. The number of nitrogens with one attached hydrogen (secondary N) is 4. The highest BCUT2D eigenvalue weighted by atomic mass is 16.5. The quantitative estimate of drug-likeness (QED) is 0.161. The maximum Gasteiger partial charge on any atom is 0.269 e. The van der Waals surface area contributed by atoms with Crippen molar-refractivity contribution in [3.63, 3.8) is 0 Å². The Kier molecular flexibility index (Phi) is 10.6. The van der Waals surface area contributed by atoms with Crippen LogP contribution in [0.25, 0.3) is 0 Å². The zero-order chi connectivity index (χ0) is 32.3. The molecule has 0 saturated heterocycles. The number of carbonyl (C=O) groups excluding carboxylic acids is 4. The van der Waals surface area contributed by atoms with E-state index in [1.807, 2.05) is 0 Å². The predicted octanol–water partition coefficient (Wildman–Crippen LogP) is 3.47. The van der Waals surface area contributed by atoms with Crippen molar-refractivity contribution in [3.8, 4) is 23.0 Å². The molecule has 12 heteroatoms. The van der Waals surface area contributed by atoms with Gasteiger partial charge >= 0.3 is 0 Å². The van der Waals surface area contributed by atoms with Crippen molar-refractivity contribution in [3.05, 3.63) is 113 Å². The molecule has 0 fully saturated rings. The first-order valence-corrected chi connectivity index (χ1v) is 13.7. The lowest BCUT2D eigenvalue weighted by Crippen LogP contribution is -2.53. The van der Waals surface area contributed by atoms with E-state index in [9.17, 15) is 24.3 Å². The lowest BCUT2D eigenvalue weighted by molar-refractivity contribution is -0.123. The summed E-state index contributed by atoms with van der Waals surface area (Å²) in [5, 5.41) is 15.1. The minimum absolute atomic E-state index is 0.0183. The first-order chi connectivity index (χ1) is 21.7. The van der Waals surface area contributed by atoms with Crippen LogP contribution in [0.4, 0.5) is 5.69 Å². The number of hydrogen-bond donors (Lipinski definition) is 5. The van der Waals surface area contributed by atoms with Gasteiger partial charge in [-0.15, -0.1) is 0 Å². The van der Waals surface area contributed by atoms with Crippen LogP contribution in [0.2, 0.25) is 0 Å². The maximum absolute atomic E-state index is 13.5. The largest absolute Gasteiger partial charge is 0.508 e. The van der Waals surface area contributed by atoms with Crippen molar-refractivity contribution in [2.45, 2.75) is 12.5 Å². The molecular weight excluding hydrogens is 580 g/mol. The molecule has 12 nitrogen and oxygen atoms in total. The summed E-state index contributed by atoms with van der Waals surface area (Å²) >= 11 is 0. The zero-order valence-electron chi connectivity index (χ0n) is 24.7. The summed E-state index contributed by atoms with van der Waals surface area (Å²) in [6.45, 7) is 0. The molecule has 0 aliphatic heterocycles. The van der Waals surface area contributed by atoms with E-state index in [4.69, 9.17) is 14.2 Å². The molecular formula is C33H32N4O8. The minimum Gasteiger partial charge on any atom is -0.508 e. The molecule has 0 saturated carbocycles. The molecule has 5 N–H and O–H groups in total. The molecule has 0 bridgehead atoms. The van der Waals surface area contributed by atoms with Crippen molar-refractivity contribution in [1.82, 2.24) is 16.2 Å². The van der Waals surface area contributed by atoms with Crippen molar-refractivity contribution >= 4 is 29.3 Å². The van der Waals surface area contributed by atoms with Crippen molar-refractivity contribution in [2.75, 3.05) is 26.6 Å². The zero-order valence-corrected chi connectivity index (χ0v) is 24.7. The lowest BCUT2D eigenvalue weighted by Gasteiger charge is -2.20. The summed E-state index contributed by atoms with van der Waals surface area (Å²) in [5.74, 6) is -1.07. The van der Waals surface area contributed by atoms with Crippen LogP contribution >= 0.6 is 0 Å². The molecule has 232 valence electrons. The molecule has 0 aliphatic carbocycles. The van der Waals surface area contributed by atoms with Gasteiger partial charge in [0.15, 0.2) is 11.5 Å². The lowest BCUT2D eigenvalue weighted by atomic mass is 10.0. The molecule has 0 aliphatic rings. The molecule has 4 amide bonds. The highest BCUT2D eigenvalue weighted by molar-refractivity contribution is 6.09. The van der Waals surface area contributed by atoms with Gasteiger partial charge in [-0.25, -0.2) is 0 Å². The number of hydrogen-bond acceptors (Lipinski definition) is 8. The molecule has 4 aromatic rings. The number of ether oxygens (including phenoxy) is 3. The second-order valence-corrected chi connectivity index (χ2v) is 9.64. The molecule has 4 rings (SSSR count). The normalized spacial score (nSPS) is 11.0. The number of methoxy groups -OCH3 is 3. The summed E-state index contributed by atoms with van der Waals surface area (Å²) < 4.78 is 15.5. The first kappa shape index (κ1) is 31.9. The number of benzene rings is 4. The van der Waals surface area contributed by atoms with Crippen molar-refractivity contribution < 1.29 is 38.5 Å². The van der Waals surface area contributed by atoms with Crippen LogP contribution in [0.15, 0.2) is 91.0 Å². The number of rotatable bonds is 11. The van der Waals surface area contributed by atoms with Gasteiger partial charge in [0.25, 0.3) is 23.6 Å². The number of phenols is 1. The van der Waals surface area contributed by atoms with E-state index in [1.54, 1.807) is 60.7 Å². The van der Waals surface area contributed by atoms with Gasteiger partial charge in [-0.1, -0.05) is 24.3 Å². The van der Waals surface area contributed by atoms with Crippen molar-refractivity contribution in [2.24, 2.45) is 0 Å².